The largest absolute Gasteiger partial charge is 0.376 e. The second-order valence-corrected chi connectivity index (χ2v) is 7.50. The zero-order valence-electron chi connectivity index (χ0n) is 9.00. The standard InChI is InChI=1S/C9H17O4PS2/c1-8-4-15-6-9(7-16-5-8)13-2-3-14(10,11)12/h9H,1-7H2,(H2,10,11,12). The minimum Gasteiger partial charge on any atom is -0.376 e. The normalized spacial score (nSPS) is 20.5. The molecule has 0 bridgehead atoms. The fourth-order valence-corrected chi connectivity index (χ4v) is 3.79. The monoisotopic (exact) mass is 284 g/mol. The van der Waals surface area contributed by atoms with E-state index in [4.69, 9.17) is 14.5 Å². The third kappa shape index (κ3) is 6.99. The lowest BCUT2D eigenvalue weighted by atomic mass is 10.4. The summed E-state index contributed by atoms with van der Waals surface area (Å²) in [5, 5.41) is 0. The summed E-state index contributed by atoms with van der Waals surface area (Å²) in [5.74, 6) is 3.64. The third-order valence-corrected chi connectivity index (χ3v) is 5.16. The van der Waals surface area contributed by atoms with Gasteiger partial charge >= 0.3 is 7.60 Å². The van der Waals surface area contributed by atoms with E-state index in [1.165, 1.54) is 5.57 Å². The number of hydrogen-bond donors (Lipinski definition) is 2. The van der Waals surface area contributed by atoms with E-state index in [-0.39, 0.29) is 18.9 Å². The van der Waals surface area contributed by atoms with E-state index < -0.39 is 7.60 Å². The maximum absolute atomic E-state index is 10.6. The van der Waals surface area contributed by atoms with Crippen molar-refractivity contribution in [1.82, 2.24) is 0 Å². The summed E-state index contributed by atoms with van der Waals surface area (Å²) < 4.78 is 16.1. The van der Waals surface area contributed by atoms with Crippen LogP contribution in [0.3, 0.4) is 0 Å². The van der Waals surface area contributed by atoms with Crippen molar-refractivity contribution in [2.24, 2.45) is 0 Å². The van der Waals surface area contributed by atoms with Gasteiger partial charge in [-0.3, -0.25) is 4.57 Å². The van der Waals surface area contributed by atoms with Crippen molar-refractivity contribution in [2.75, 3.05) is 35.8 Å². The van der Waals surface area contributed by atoms with Crippen molar-refractivity contribution < 1.29 is 19.1 Å². The second kappa shape index (κ2) is 7.09. The summed E-state index contributed by atoms with van der Waals surface area (Å²) in [4.78, 5) is 17.4. The van der Waals surface area contributed by atoms with Crippen LogP contribution in [0.5, 0.6) is 0 Å². The molecular formula is C9H17O4PS2. The molecule has 0 amide bonds. The molecule has 2 N–H and O–H groups in total. The third-order valence-electron chi connectivity index (χ3n) is 1.96. The summed E-state index contributed by atoms with van der Waals surface area (Å²) in [7, 11) is -3.92. The Morgan fingerprint density at radius 2 is 1.94 bits per heavy atom. The van der Waals surface area contributed by atoms with Crippen molar-refractivity contribution in [3.8, 4) is 0 Å². The molecule has 0 atom stereocenters. The molecule has 94 valence electrons. The van der Waals surface area contributed by atoms with Gasteiger partial charge in [0.15, 0.2) is 0 Å². The first-order chi connectivity index (χ1) is 7.47. The van der Waals surface area contributed by atoms with Crippen LogP contribution in [-0.4, -0.2) is 51.7 Å². The molecule has 0 spiro atoms. The first kappa shape index (κ1) is 14.6. The van der Waals surface area contributed by atoms with Gasteiger partial charge in [-0.2, -0.15) is 23.5 Å². The lowest BCUT2D eigenvalue weighted by Crippen LogP contribution is -2.23. The van der Waals surface area contributed by atoms with E-state index in [0.29, 0.717) is 0 Å². The molecule has 16 heavy (non-hydrogen) atoms. The minimum absolute atomic E-state index is 0.0923. The van der Waals surface area contributed by atoms with Crippen LogP contribution in [0.15, 0.2) is 12.2 Å². The van der Waals surface area contributed by atoms with Gasteiger partial charge in [-0.25, -0.2) is 0 Å². The van der Waals surface area contributed by atoms with Gasteiger partial charge in [0.2, 0.25) is 0 Å². The van der Waals surface area contributed by atoms with Gasteiger partial charge in [-0.05, 0) is 0 Å². The highest BCUT2D eigenvalue weighted by molar-refractivity contribution is 8.01. The van der Waals surface area contributed by atoms with Gasteiger partial charge in [-0.1, -0.05) is 12.2 Å². The van der Waals surface area contributed by atoms with Gasteiger partial charge in [0.05, 0.1) is 18.9 Å². The highest BCUT2D eigenvalue weighted by atomic mass is 32.2. The Kier molecular flexibility index (Phi) is 6.47. The fourth-order valence-electron chi connectivity index (χ4n) is 1.19. The number of hydrogen-bond acceptors (Lipinski definition) is 4. The zero-order chi connectivity index (χ0) is 12.0. The average molecular weight is 284 g/mol. The van der Waals surface area contributed by atoms with Crippen molar-refractivity contribution in [3.63, 3.8) is 0 Å². The van der Waals surface area contributed by atoms with Crippen LogP contribution < -0.4 is 0 Å². The predicted molar refractivity (Wildman–Crippen MR) is 70.4 cm³/mol. The van der Waals surface area contributed by atoms with Crippen molar-refractivity contribution >= 4 is 31.1 Å². The van der Waals surface area contributed by atoms with Crippen molar-refractivity contribution in [3.05, 3.63) is 12.2 Å². The van der Waals surface area contributed by atoms with Crippen LogP contribution in [0, 0.1) is 0 Å². The highest BCUT2D eigenvalue weighted by Gasteiger charge is 2.17. The summed E-state index contributed by atoms with van der Waals surface area (Å²) in [5.41, 5.74) is 1.24. The molecule has 0 aromatic carbocycles. The fraction of sp³-hybridized carbons (Fsp3) is 0.778. The molecule has 1 saturated heterocycles. The van der Waals surface area contributed by atoms with Crippen molar-refractivity contribution in [1.29, 1.82) is 0 Å². The van der Waals surface area contributed by atoms with Crippen LogP contribution in [0.1, 0.15) is 0 Å². The van der Waals surface area contributed by atoms with Crippen LogP contribution >= 0.6 is 31.1 Å². The average Bonchev–Trinajstić information content (AvgIpc) is 2.11. The van der Waals surface area contributed by atoms with Gasteiger partial charge in [-0.15, -0.1) is 0 Å². The van der Waals surface area contributed by atoms with Crippen molar-refractivity contribution in [2.45, 2.75) is 6.10 Å². The summed E-state index contributed by atoms with van der Waals surface area (Å²) in [6.45, 7) is 4.09. The Morgan fingerprint density at radius 3 is 2.44 bits per heavy atom. The van der Waals surface area contributed by atoms with Crippen LogP contribution in [0.2, 0.25) is 0 Å². The zero-order valence-corrected chi connectivity index (χ0v) is 11.5. The maximum atomic E-state index is 10.6. The van der Waals surface area contributed by atoms with Gasteiger partial charge in [0.1, 0.15) is 0 Å². The first-order valence-corrected chi connectivity index (χ1v) is 9.06. The Bertz CT molecular complexity index is 267. The summed E-state index contributed by atoms with van der Waals surface area (Å²) in [6.07, 6.45) is -0.0967. The molecule has 0 unspecified atom stereocenters. The van der Waals surface area contributed by atoms with E-state index in [1.807, 2.05) is 0 Å². The molecule has 0 aromatic rings. The topological polar surface area (TPSA) is 66.8 Å². The Balaban J connectivity index is 2.21. The van der Waals surface area contributed by atoms with Crippen LogP contribution in [-0.2, 0) is 9.30 Å². The number of ether oxygens (including phenoxy) is 1. The molecule has 4 nitrogen and oxygen atoms in total. The number of rotatable bonds is 4. The highest BCUT2D eigenvalue weighted by Crippen LogP contribution is 2.33. The quantitative estimate of drug-likeness (QED) is 0.603. The van der Waals surface area contributed by atoms with Gasteiger partial charge in [0, 0.05) is 23.0 Å². The van der Waals surface area contributed by atoms with E-state index in [0.717, 1.165) is 23.0 Å². The smallest absolute Gasteiger partial charge is 0.327 e. The molecule has 0 radical (unpaired) electrons. The predicted octanol–water partition coefficient (Wildman–Crippen LogP) is 1.59. The van der Waals surface area contributed by atoms with E-state index >= 15 is 0 Å². The molecule has 0 aromatic heterocycles. The SMILES string of the molecule is C=C1CSCC(OCCP(=O)(O)O)CSC1. The summed E-state index contributed by atoms with van der Waals surface area (Å²) >= 11 is 3.54. The first-order valence-electron chi connectivity index (χ1n) is 4.96. The summed E-state index contributed by atoms with van der Waals surface area (Å²) in [6, 6.07) is 0. The van der Waals surface area contributed by atoms with E-state index in [1.54, 1.807) is 23.5 Å². The lowest BCUT2D eigenvalue weighted by molar-refractivity contribution is 0.0953. The Labute approximate surface area is 104 Å². The Morgan fingerprint density at radius 1 is 1.38 bits per heavy atom. The van der Waals surface area contributed by atoms with Gasteiger partial charge < -0.3 is 14.5 Å². The molecule has 1 aliphatic heterocycles. The van der Waals surface area contributed by atoms with E-state index in [2.05, 4.69) is 6.58 Å². The van der Waals surface area contributed by atoms with Crippen LogP contribution in [0.4, 0.5) is 0 Å². The second-order valence-electron chi connectivity index (χ2n) is 3.66. The molecule has 0 aliphatic carbocycles. The van der Waals surface area contributed by atoms with Crippen LogP contribution in [0.25, 0.3) is 0 Å². The molecule has 0 saturated carbocycles. The Hall–Kier alpha value is 0.550. The molecule has 1 fully saturated rings. The maximum Gasteiger partial charge on any atom is 0.327 e. The minimum atomic E-state index is -3.92. The molecular weight excluding hydrogens is 267 g/mol. The van der Waals surface area contributed by atoms with Gasteiger partial charge in [0.25, 0.3) is 0 Å². The number of thioether (sulfide) groups is 2. The molecule has 1 heterocycles. The lowest BCUT2D eigenvalue weighted by Gasteiger charge is -2.20. The molecule has 1 rings (SSSR count). The van der Waals surface area contributed by atoms with E-state index in [9.17, 15) is 4.57 Å². The molecule has 1 aliphatic rings. The molecule has 7 heteroatoms.